The number of halogens is 2. The topological polar surface area (TPSA) is 67.8 Å². The van der Waals surface area contributed by atoms with E-state index in [2.05, 4.69) is 5.32 Å². The van der Waals surface area contributed by atoms with Crippen LogP contribution in [0.4, 0.5) is 0 Å². The number of nitrogens with one attached hydrogen (secondary N) is 1. The Morgan fingerprint density at radius 3 is 2.91 bits per heavy atom. The predicted octanol–water partition coefficient (Wildman–Crippen LogP) is 1.67. The molecule has 0 bridgehead atoms. The average Bonchev–Trinajstić information content (AvgIpc) is 2.49. The highest BCUT2D eigenvalue weighted by molar-refractivity contribution is 6.35. The summed E-state index contributed by atoms with van der Waals surface area (Å²) < 4.78 is 10.5. The van der Waals surface area contributed by atoms with E-state index in [9.17, 15) is 9.90 Å². The summed E-state index contributed by atoms with van der Waals surface area (Å²) in [6.45, 7) is 1.08. The van der Waals surface area contributed by atoms with Gasteiger partial charge in [0.1, 0.15) is 6.10 Å². The third-order valence-corrected chi connectivity index (χ3v) is 4.30. The van der Waals surface area contributed by atoms with E-state index in [-0.39, 0.29) is 24.3 Å². The Labute approximate surface area is 139 Å². The minimum absolute atomic E-state index is 0.160. The Morgan fingerprint density at radius 1 is 1.45 bits per heavy atom. The van der Waals surface area contributed by atoms with Gasteiger partial charge in [0.05, 0.1) is 25.7 Å². The molecule has 1 aliphatic heterocycles. The molecule has 0 spiro atoms. The SMILES string of the molecule is CO[C@@H]1COC[C@@H](CNC(=O)Cc2ccc(Cl)cc2Cl)[C@@H]1O. The minimum atomic E-state index is -0.654. The van der Waals surface area contributed by atoms with E-state index in [1.165, 1.54) is 7.11 Å². The molecule has 1 heterocycles. The summed E-state index contributed by atoms with van der Waals surface area (Å²) in [7, 11) is 1.53. The van der Waals surface area contributed by atoms with Crippen LogP contribution in [0.25, 0.3) is 0 Å². The number of amides is 1. The maximum absolute atomic E-state index is 12.0. The van der Waals surface area contributed by atoms with Gasteiger partial charge < -0.3 is 19.9 Å². The van der Waals surface area contributed by atoms with Crippen molar-refractivity contribution in [3.8, 4) is 0 Å². The Kier molecular flexibility index (Phi) is 6.47. The maximum Gasteiger partial charge on any atom is 0.224 e. The summed E-state index contributed by atoms with van der Waals surface area (Å²) in [5.74, 6) is -0.362. The number of ether oxygens (including phenoxy) is 2. The van der Waals surface area contributed by atoms with Gasteiger partial charge in [0.2, 0.25) is 5.91 Å². The number of hydrogen-bond donors (Lipinski definition) is 2. The number of methoxy groups -OCH3 is 1. The second kappa shape index (κ2) is 8.13. The lowest BCUT2D eigenvalue weighted by molar-refractivity contribution is -0.136. The van der Waals surface area contributed by atoms with Crippen LogP contribution in [-0.4, -0.2) is 50.1 Å². The molecule has 122 valence electrons. The standard InChI is InChI=1S/C15H19Cl2NO4/c1-21-13-8-22-7-10(15(13)20)6-18-14(19)4-9-2-3-11(16)5-12(9)17/h2-3,5,10,13,15,20H,4,6-8H2,1H3,(H,18,19)/t10-,13-,15+/m1/s1. The van der Waals surface area contributed by atoms with Crippen LogP contribution in [-0.2, 0) is 20.7 Å². The number of benzene rings is 1. The maximum atomic E-state index is 12.0. The van der Waals surface area contributed by atoms with Crippen molar-refractivity contribution in [3.05, 3.63) is 33.8 Å². The fraction of sp³-hybridized carbons (Fsp3) is 0.533. The zero-order chi connectivity index (χ0) is 16.1. The third-order valence-electron chi connectivity index (χ3n) is 3.71. The first-order chi connectivity index (χ1) is 10.5. The van der Waals surface area contributed by atoms with E-state index >= 15 is 0 Å². The number of hydrogen-bond acceptors (Lipinski definition) is 4. The second-order valence-corrected chi connectivity index (χ2v) is 6.12. The first kappa shape index (κ1) is 17.5. The molecule has 5 nitrogen and oxygen atoms in total. The fourth-order valence-electron chi connectivity index (χ4n) is 2.37. The van der Waals surface area contributed by atoms with Crippen LogP contribution in [0.15, 0.2) is 18.2 Å². The van der Waals surface area contributed by atoms with Crippen LogP contribution in [0.2, 0.25) is 10.0 Å². The molecule has 1 fully saturated rings. The molecule has 2 N–H and O–H groups in total. The van der Waals surface area contributed by atoms with E-state index in [1.54, 1.807) is 18.2 Å². The van der Waals surface area contributed by atoms with Crippen molar-refractivity contribution in [1.82, 2.24) is 5.32 Å². The Bertz CT molecular complexity index is 526. The molecule has 0 saturated carbocycles. The van der Waals surface area contributed by atoms with Crippen LogP contribution < -0.4 is 5.32 Å². The van der Waals surface area contributed by atoms with E-state index < -0.39 is 6.10 Å². The lowest BCUT2D eigenvalue weighted by Crippen LogP contribution is -2.49. The molecular weight excluding hydrogens is 329 g/mol. The van der Waals surface area contributed by atoms with Crippen LogP contribution in [0.1, 0.15) is 5.56 Å². The van der Waals surface area contributed by atoms with Gasteiger partial charge in [-0.05, 0) is 17.7 Å². The zero-order valence-corrected chi connectivity index (χ0v) is 13.7. The van der Waals surface area contributed by atoms with Crippen molar-refractivity contribution < 1.29 is 19.4 Å². The summed E-state index contributed by atoms with van der Waals surface area (Å²) in [6.07, 6.45) is -0.854. The Balaban J connectivity index is 1.84. The van der Waals surface area contributed by atoms with Crippen molar-refractivity contribution in [2.75, 3.05) is 26.9 Å². The molecule has 1 aliphatic rings. The average molecular weight is 348 g/mol. The van der Waals surface area contributed by atoms with E-state index in [0.29, 0.717) is 35.4 Å². The van der Waals surface area contributed by atoms with Crippen molar-refractivity contribution in [2.45, 2.75) is 18.6 Å². The first-order valence-corrected chi connectivity index (χ1v) is 7.76. The zero-order valence-electron chi connectivity index (χ0n) is 12.2. The summed E-state index contributed by atoms with van der Waals surface area (Å²) in [4.78, 5) is 12.0. The molecule has 3 atom stereocenters. The van der Waals surface area contributed by atoms with Gasteiger partial charge in [-0.15, -0.1) is 0 Å². The molecule has 1 saturated heterocycles. The lowest BCUT2D eigenvalue weighted by Gasteiger charge is -2.33. The van der Waals surface area contributed by atoms with Gasteiger partial charge in [0.15, 0.2) is 0 Å². The number of aliphatic hydroxyl groups excluding tert-OH is 1. The van der Waals surface area contributed by atoms with Gasteiger partial charge in [0.25, 0.3) is 0 Å². The van der Waals surface area contributed by atoms with Gasteiger partial charge in [0, 0.05) is 29.6 Å². The van der Waals surface area contributed by atoms with Crippen LogP contribution in [0.5, 0.6) is 0 Å². The normalized spacial score (nSPS) is 25.0. The summed E-state index contributed by atoms with van der Waals surface area (Å²) in [5.41, 5.74) is 0.707. The first-order valence-electron chi connectivity index (χ1n) is 7.00. The Morgan fingerprint density at radius 2 is 2.23 bits per heavy atom. The minimum Gasteiger partial charge on any atom is -0.390 e. The number of carbonyl (C=O) groups is 1. The highest BCUT2D eigenvalue weighted by Crippen LogP contribution is 2.21. The van der Waals surface area contributed by atoms with Crippen molar-refractivity contribution in [1.29, 1.82) is 0 Å². The number of carbonyl (C=O) groups excluding carboxylic acids is 1. The molecule has 1 amide bonds. The van der Waals surface area contributed by atoms with E-state index in [4.69, 9.17) is 32.7 Å². The highest BCUT2D eigenvalue weighted by atomic mass is 35.5. The van der Waals surface area contributed by atoms with Crippen molar-refractivity contribution in [2.24, 2.45) is 5.92 Å². The molecule has 2 rings (SSSR count). The van der Waals surface area contributed by atoms with Crippen molar-refractivity contribution in [3.63, 3.8) is 0 Å². The lowest BCUT2D eigenvalue weighted by atomic mass is 9.96. The molecule has 0 radical (unpaired) electrons. The Hall–Kier alpha value is -0.850. The molecule has 1 aromatic carbocycles. The van der Waals surface area contributed by atoms with Gasteiger partial charge in [-0.25, -0.2) is 0 Å². The molecule has 7 heteroatoms. The highest BCUT2D eigenvalue weighted by Gasteiger charge is 2.32. The largest absolute Gasteiger partial charge is 0.390 e. The van der Waals surface area contributed by atoms with Gasteiger partial charge >= 0.3 is 0 Å². The van der Waals surface area contributed by atoms with Crippen LogP contribution in [0.3, 0.4) is 0 Å². The van der Waals surface area contributed by atoms with Gasteiger partial charge in [-0.2, -0.15) is 0 Å². The molecule has 0 unspecified atom stereocenters. The number of aliphatic hydroxyl groups is 1. The van der Waals surface area contributed by atoms with E-state index in [1.807, 2.05) is 0 Å². The summed E-state index contributed by atoms with van der Waals surface area (Å²) in [5, 5.41) is 13.9. The molecule has 22 heavy (non-hydrogen) atoms. The molecule has 0 aliphatic carbocycles. The molecule has 1 aromatic rings. The van der Waals surface area contributed by atoms with Crippen LogP contribution >= 0.6 is 23.2 Å². The summed E-state index contributed by atoms with van der Waals surface area (Å²) >= 11 is 11.9. The summed E-state index contributed by atoms with van der Waals surface area (Å²) in [6, 6.07) is 5.02. The third kappa shape index (κ3) is 4.57. The number of rotatable bonds is 5. The van der Waals surface area contributed by atoms with Gasteiger partial charge in [-0.1, -0.05) is 29.3 Å². The van der Waals surface area contributed by atoms with Crippen LogP contribution in [0, 0.1) is 5.92 Å². The fourth-order valence-corrected chi connectivity index (χ4v) is 2.84. The van der Waals surface area contributed by atoms with E-state index in [0.717, 1.165) is 0 Å². The second-order valence-electron chi connectivity index (χ2n) is 5.28. The molecule has 0 aromatic heterocycles. The monoisotopic (exact) mass is 347 g/mol. The van der Waals surface area contributed by atoms with Gasteiger partial charge in [-0.3, -0.25) is 4.79 Å². The smallest absolute Gasteiger partial charge is 0.224 e. The predicted molar refractivity (Wildman–Crippen MR) is 84.3 cm³/mol. The molecular formula is C15H19Cl2NO4. The van der Waals surface area contributed by atoms with Crippen molar-refractivity contribution >= 4 is 29.1 Å². The quantitative estimate of drug-likeness (QED) is 0.850.